The monoisotopic (exact) mass is 410 g/mol. The molecule has 0 N–H and O–H groups in total. The molecule has 5 nitrogen and oxygen atoms in total. The van der Waals surface area contributed by atoms with Crippen molar-refractivity contribution in [3.63, 3.8) is 0 Å². The minimum atomic E-state index is -4.10. The van der Waals surface area contributed by atoms with Crippen molar-refractivity contribution in [2.75, 3.05) is 9.21 Å². The third-order valence-corrected chi connectivity index (χ3v) is 6.67. The molecule has 4 rings (SSSR count). The highest BCUT2D eigenvalue weighted by Gasteiger charge is 2.43. The molecule has 0 saturated heterocycles. The maximum atomic E-state index is 13.7. The second-order valence-corrected chi connectivity index (χ2v) is 8.73. The average Bonchev–Trinajstić information content (AvgIpc) is 2.68. The summed E-state index contributed by atoms with van der Waals surface area (Å²) in [7, 11) is -4.10. The van der Waals surface area contributed by atoms with Crippen molar-refractivity contribution in [2.45, 2.75) is 25.3 Å². The van der Waals surface area contributed by atoms with Crippen LogP contribution in [0.5, 0.6) is 0 Å². The van der Waals surface area contributed by atoms with Crippen LogP contribution in [-0.4, -0.2) is 14.4 Å². The standard InChI is InChI=1S/C22H19FN2O3S/c1-15-7-5-8-16(2)21(15)25-22(26)24(14-17-9-6-10-18(23)13-17)19-11-3-4-12-20(19)29(25,27)28/h3-13H,14H2,1-2H3. The van der Waals surface area contributed by atoms with Crippen LogP contribution in [0.2, 0.25) is 0 Å². The lowest BCUT2D eigenvalue weighted by Crippen LogP contribution is -2.51. The molecule has 29 heavy (non-hydrogen) atoms. The van der Waals surface area contributed by atoms with E-state index in [4.69, 9.17) is 0 Å². The summed E-state index contributed by atoms with van der Waals surface area (Å²) in [5, 5.41) is 0. The quantitative estimate of drug-likeness (QED) is 0.625. The molecule has 1 heterocycles. The van der Waals surface area contributed by atoms with Crippen molar-refractivity contribution < 1.29 is 17.6 Å². The Bertz CT molecular complexity index is 1200. The van der Waals surface area contributed by atoms with E-state index in [-0.39, 0.29) is 17.1 Å². The number of carbonyl (C=O) groups excluding carboxylic acids is 1. The van der Waals surface area contributed by atoms with E-state index in [2.05, 4.69) is 0 Å². The van der Waals surface area contributed by atoms with Gasteiger partial charge in [0.05, 0.1) is 17.9 Å². The predicted octanol–water partition coefficient (Wildman–Crippen LogP) is 4.78. The molecular weight excluding hydrogens is 391 g/mol. The van der Waals surface area contributed by atoms with Crippen LogP contribution in [0.3, 0.4) is 0 Å². The van der Waals surface area contributed by atoms with Gasteiger partial charge in [-0.3, -0.25) is 4.90 Å². The lowest BCUT2D eigenvalue weighted by molar-refractivity contribution is 0.253. The fourth-order valence-corrected chi connectivity index (χ4v) is 5.35. The van der Waals surface area contributed by atoms with Gasteiger partial charge in [-0.25, -0.2) is 17.6 Å². The summed E-state index contributed by atoms with van der Waals surface area (Å²) in [5.74, 6) is -0.417. The fraction of sp³-hybridized carbons (Fsp3) is 0.136. The Morgan fingerprint density at radius 1 is 0.897 bits per heavy atom. The van der Waals surface area contributed by atoms with E-state index >= 15 is 0 Å². The van der Waals surface area contributed by atoms with Gasteiger partial charge in [-0.05, 0) is 54.8 Å². The van der Waals surface area contributed by atoms with Gasteiger partial charge in [-0.15, -0.1) is 0 Å². The number of amides is 2. The molecule has 148 valence electrons. The first-order chi connectivity index (χ1) is 13.8. The summed E-state index contributed by atoms with van der Waals surface area (Å²) in [6.45, 7) is 3.58. The third-order valence-electron chi connectivity index (χ3n) is 4.95. The van der Waals surface area contributed by atoms with Crippen LogP contribution in [0, 0.1) is 19.7 Å². The zero-order valence-corrected chi connectivity index (χ0v) is 16.8. The molecule has 1 aliphatic rings. The maximum Gasteiger partial charge on any atom is 0.343 e. The van der Waals surface area contributed by atoms with Crippen LogP contribution in [-0.2, 0) is 16.6 Å². The van der Waals surface area contributed by atoms with E-state index < -0.39 is 21.9 Å². The summed E-state index contributed by atoms with van der Waals surface area (Å²) in [4.78, 5) is 14.9. The van der Waals surface area contributed by atoms with Crippen molar-refractivity contribution in [3.8, 4) is 0 Å². The van der Waals surface area contributed by atoms with E-state index in [1.54, 1.807) is 56.3 Å². The van der Waals surface area contributed by atoms with Crippen molar-refractivity contribution in [1.82, 2.24) is 0 Å². The second-order valence-electron chi connectivity index (χ2n) is 6.98. The number of para-hydroxylation sites is 2. The van der Waals surface area contributed by atoms with Crippen LogP contribution in [0.25, 0.3) is 0 Å². The lowest BCUT2D eigenvalue weighted by atomic mass is 10.1. The number of hydrogen-bond acceptors (Lipinski definition) is 3. The van der Waals surface area contributed by atoms with Crippen molar-refractivity contribution in [3.05, 3.63) is 89.2 Å². The average molecular weight is 410 g/mol. The molecule has 3 aromatic rings. The molecule has 0 saturated carbocycles. The Kier molecular flexibility index (Phi) is 4.62. The molecule has 0 bridgehead atoms. The summed E-state index contributed by atoms with van der Waals surface area (Å²) in [5.41, 5.74) is 2.54. The first-order valence-corrected chi connectivity index (χ1v) is 10.5. The van der Waals surface area contributed by atoms with Crippen LogP contribution >= 0.6 is 0 Å². The van der Waals surface area contributed by atoms with Gasteiger partial charge in [-0.2, -0.15) is 4.31 Å². The van der Waals surface area contributed by atoms with Crippen molar-refractivity contribution in [2.24, 2.45) is 0 Å². The van der Waals surface area contributed by atoms with Gasteiger partial charge < -0.3 is 0 Å². The predicted molar refractivity (Wildman–Crippen MR) is 110 cm³/mol. The van der Waals surface area contributed by atoms with E-state index in [0.29, 0.717) is 22.4 Å². The van der Waals surface area contributed by atoms with Crippen molar-refractivity contribution >= 4 is 27.4 Å². The SMILES string of the molecule is Cc1cccc(C)c1N1C(=O)N(Cc2cccc(F)c2)c2ccccc2S1(=O)=O. The largest absolute Gasteiger partial charge is 0.343 e. The number of sulfonamides is 1. The first kappa shape index (κ1) is 19.1. The molecule has 1 aliphatic heterocycles. The number of rotatable bonds is 3. The Hall–Kier alpha value is -3.19. The third kappa shape index (κ3) is 3.17. The molecule has 7 heteroatoms. The zero-order chi connectivity index (χ0) is 20.8. The Morgan fingerprint density at radius 3 is 2.24 bits per heavy atom. The minimum Gasteiger partial charge on any atom is -0.287 e. The Balaban J connectivity index is 1.92. The lowest BCUT2D eigenvalue weighted by Gasteiger charge is -2.37. The van der Waals surface area contributed by atoms with Crippen LogP contribution in [0.4, 0.5) is 20.6 Å². The number of aryl methyl sites for hydroxylation is 2. The molecule has 0 spiro atoms. The topological polar surface area (TPSA) is 57.7 Å². The zero-order valence-electron chi connectivity index (χ0n) is 16.0. The highest BCUT2D eigenvalue weighted by molar-refractivity contribution is 7.94. The molecule has 2 amide bonds. The molecule has 0 aromatic heterocycles. The van der Waals surface area contributed by atoms with Crippen LogP contribution in [0.15, 0.2) is 71.6 Å². The second kappa shape index (κ2) is 7.00. The van der Waals surface area contributed by atoms with Gasteiger partial charge in [0.15, 0.2) is 0 Å². The minimum absolute atomic E-state index is 0.0404. The van der Waals surface area contributed by atoms with Crippen LogP contribution < -0.4 is 9.21 Å². The number of halogens is 1. The number of carbonyl (C=O) groups is 1. The van der Waals surface area contributed by atoms with E-state index in [1.165, 1.54) is 23.1 Å². The number of nitrogens with zero attached hydrogens (tertiary/aromatic N) is 2. The van der Waals surface area contributed by atoms with E-state index in [1.807, 2.05) is 6.07 Å². The van der Waals surface area contributed by atoms with E-state index in [0.717, 1.165) is 4.31 Å². The van der Waals surface area contributed by atoms with Gasteiger partial charge in [0.1, 0.15) is 10.7 Å². The molecular formula is C22H19FN2O3S. The van der Waals surface area contributed by atoms with Gasteiger partial charge in [0, 0.05) is 0 Å². The smallest absolute Gasteiger partial charge is 0.287 e. The summed E-state index contributed by atoms with van der Waals surface area (Å²) in [6.07, 6.45) is 0. The summed E-state index contributed by atoms with van der Waals surface area (Å²) < 4.78 is 41.3. The van der Waals surface area contributed by atoms with Crippen LogP contribution in [0.1, 0.15) is 16.7 Å². The van der Waals surface area contributed by atoms with Gasteiger partial charge in [0.2, 0.25) is 0 Å². The normalized spacial score (nSPS) is 15.3. The number of fused-ring (bicyclic) bond motifs is 1. The summed E-state index contributed by atoms with van der Waals surface area (Å²) >= 11 is 0. The number of hydrogen-bond donors (Lipinski definition) is 0. The molecule has 0 aliphatic carbocycles. The summed E-state index contributed by atoms with van der Waals surface area (Å²) in [6, 6.07) is 16.9. The highest BCUT2D eigenvalue weighted by atomic mass is 32.2. The number of anilines is 2. The molecule has 0 radical (unpaired) electrons. The van der Waals surface area contributed by atoms with Gasteiger partial charge >= 0.3 is 6.03 Å². The molecule has 0 unspecified atom stereocenters. The van der Waals surface area contributed by atoms with Crippen molar-refractivity contribution in [1.29, 1.82) is 0 Å². The Morgan fingerprint density at radius 2 is 1.55 bits per heavy atom. The van der Waals surface area contributed by atoms with E-state index in [9.17, 15) is 17.6 Å². The maximum absolute atomic E-state index is 13.7. The number of urea groups is 1. The molecule has 0 fully saturated rings. The molecule has 3 aromatic carbocycles. The molecule has 0 atom stereocenters. The van der Waals surface area contributed by atoms with Gasteiger partial charge in [0.25, 0.3) is 10.0 Å². The Labute approximate surface area is 169 Å². The number of benzene rings is 3. The first-order valence-electron chi connectivity index (χ1n) is 9.07. The van der Waals surface area contributed by atoms with Gasteiger partial charge in [-0.1, -0.05) is 42.5 Å². The highest BCUT2D eigenvalue weighted by Crippen LogP contribution is 2.40. The fourth-order valence-electron chi connectivity index (χ4n) is 3.62.